The van der Waals surface area contributed by atoms with Crippen molar-refractivity contribution in [1.82, 2.24) is 25.5 Å². The molecule has 0 saturated carbocycles. The van der Waals surface area contributed by atoms with Crippen molar-refractivity contribution in [3.8, 4) is 0 Å². The van der Waals surface area contributed by atoms with E-state index in [0.29, 0.717) is 70.1 Å². The van der Waals surface area contributed by atoms with Crippen molar-refractivity contribution in [3.05, 3.63) is 101 Å². The van der Waals surface area contributed by atoms with Gasteiger partial charge < -0.3 is 25.7 Å². The number of nitrogens with zero attached hydrogens (tertiary/aromatic N) is 4. The molecule has 13 heteroatoms. The highest BCUT2D eigenvalue weighted by Crippen LogP contribution is 2.32. The van der Waals surface area contributed by atoms with E-state index in [0.717, 1.165) is 17.5 Å². The van der Waals surface area contributed by atoms with E-state index in [1.54, 1.807) is 0 Å². The average Bonchev–Trinajstić information content (AvgIpc) is 3.66. The zero-order chi connectivity index (χ0) is 40.5. The predicted molar refractivity (Wildman–Crippen MR) is 213 cm³/mol. The molecule has 5 atom stereocenters. The third-order valence-corrected chi connectivity index (χ3v) is 10.9. The number of aryl methyl sites for hydroxylation is 1. The zero-order valence-corrected chi connectivity index (χ0v) is 33.5. The number of pyridine rings is 1. The molecule has 4 N–H and O–H groups in total. The number of carbonyl (C=O) groups is 4. The Balaban J connectivity index is 1.05. The normalized spacial score (nSPS) is 21.4. The SMILES string of the molecule is CC(C)(C)NC(=O)[C@@H]1CN(Cc2ccc[n+](CCCC(=O)ON3C(=O)CCC3=O)c2)CCN1C[C@@H](O)C[C@@H](CN[C@H]1c2ccccc2C[C@H]1O)Cc1ccccc1. The van der Waals surface area contributed by atoms with E-state index in [1.165, 1.54) is 11.1 Å². The van der Waals surface area contributed by atoms with E-state index in [4.69, 9.17) is 4.84 Å². The third-order valence-electron chi connectivity index (χ3n) is 10.9. The van der Waals surface area contributed by atoms with Gasteiger partial charge in [-0.2, -0.15) is 0 Å². The molecular weight excluding hydrogens is 725 g/mol. The van der Waals surface area contributed by atoms with Gasteiger partial charge in [-0.3, -0.25) is 24.2 Å². The van der Waals surface area contributed by atoms with Gasteiger partial charge in [0.05, 0.1) is 24.7 Å². The molecule has 0 radical (unpaired) electrons. The first kappa shape index (κ1) is 42.1. The minimum atomic E-state index is -0.667. The molecule has 2 saturated heterocycles. The van der Waals surface area contributed by atoms with Gasteiger partial charge in [0.25, 0.3) is 11.8 Å². The highest BCUT2D eigenvalue weighted by molar-refractivity contribution is 6.01. The van der Waals surface area contributed by atoms with Crippen molar-refractivity contribution in [2.24, 2.45) is 5.92 Å². The van der Waals surface area contributed by atoms with Crippen LogP contribution in [0.5, 0.6) is 0 Å². The summed E-state index contributed by atoms with van der Waals surface area (Å²) in [4.78, 5) is 59.0. The molecule has 1 aliphatic carbocycles. The summed E-state index contributed by atoms with van der Waals surface area (Å²) in [5.41, 5.74) is 4.13. The molecule has 3 heterocycles. The van der Waals surface area contributed by atoms with Crippen LogP contribution >= 0.6 is 0 Å². The quantitative estimate of drug-likeness (QED) is 0.119. The topological polar surface area (TPSA) is 156 Å². The second kappa shape index (κ2) is 19.3. The summed E-state index contributed by atoms with van der Waals surface area (Å²) in [6, 6.07) is 21.8. The lowest BCUT2D eigenvalue weighted by Crippen LogP contribution is -2.61. The molecule has 2 aromatic carbocycles. The summed E-state index contributed by atoms with van der Waals surface area (Å²) >= 11 is 0. The summed E-state index contributed by atoms with van der Waals surface area (Å²) in [6.07, 6.45) is 5.39. The van der Waals surface area contributed by atoms with E-state index in [9.17, 15) is 29.4 Å². The number of aromatic nitrogens is 1. The maximum atomic E-state index is 13.8. The fourth-order valence-electron chi connectivity index (χ4n) is 8.25. The molecule has 0 unspecified atom stereocenters. The van der Waals surface area contributed by atoms with Crippen molar-refractivity contribution < 1.29 is 38.8 Å². The Morgan fingerprint density at radius 3 is 2.44 bits per heavy atom. The highest BCUT2D eigenvalue weighted by atomic mass is 16.7. The molecule has 306 valence electrons. The molecule has 6 rings (SSSR count). The first-order valence-electron chi connectivity index (χ1n) is 20.4. The largest absolute Gasteiger partial charge is 0.392 e. The summed E-state index contributed by atoms with van der Waals surface area (Å²) < 4.78 is 2.00. The number of β-amino-alcohol motifs (C(OH)–C–C–N with tert-alkyl or cyclic N) is 1. The molecule has 2 fully saturated rings. The standard InChI is InChI=1S/C44H58N6O7/c1-44(2,3)46-43(56)37-30-48(28-32-13-9-19-47(27-32)20-10-16-41(55)57-50-39(53)17-18-40(50)54)21-22-49(37)29-35(51)24-33(23-31-11-5-4-6-12-31)26-45-42-36-15-8-7-14-34(36)25-38(42)52/h4-9,11-15,19,27,33,35,37-38,42,45,51-52H,10,16-18,20-26,28-30H2,1-3H3/p+1/t33-,35-,37-,38+,42-/m0/s1. The molecule has 13 nitrogen and oxygen atoms in total. The van der Waals surface area contributed by atoms with Gasteiger partial charge in [-0.1, -0.05) is 54.6 Å². The maximum Gasteiger partial charge on any atom is 0.333 e. The Labute approximate surface area is 335 Å². The predicted octanol–water partition coefficient (Wildman–Crippen LogP) is 2.62. The first-order chi connectivity index (χ1) is 27.3. The first-order valence-corrected chi connectivity index (χ1v) is 20.4. The van der Waals surface area contributed by atoms with Gasteiger partial charge in [0, 0.05) is 75.6 Å². The van der Waals surface area contributed by atoms with Crippen LogP contribution in [0.2, 0.25) is 0 Å². The number of amides is 3. The van der Waals surface area contributed by atoms with Crippen LogP contribution in [0.1, 0.15) is 81.2 Å². The van der Waals surface area contributed by atoms with Crippen molar-refractivity contribution in [2.75, 3.05) is 32.7 Å². The van der Waals surface area contributed by atoms with Gasteiger partial charge in [0.15, 0.2) is 12.4 Å². The van der Waals surface area contributed by atoms with E-state index in [-0.39, 0.29) is 37.1 Å². The number of nitrogens with one attached hydrogen (secondary N) is 2. The Morgan fingerprint density at radius 1 is 0.965 bits per heavy atom. The molecule has 2 aliphatic heterocycles. The van der Waals surface area contributed by atoms with Crippen LogP contribution in [0.4, 0.5) is 0 Å². The second-order valence-electron chi connectivity index (χ2n) is 16.9. The van der Waals surface area contributed by atoms with Gasteiger partial charge >= 0.3 is 5.97 Å². The van der Waals surface area contributed by atoms with Crippen molar-refractivity contribution in [3.63, 3.8) is 0 Å². The number of hydroxylamine groups is 2. The number of hydrogen-bond acceptors (Lipinski definition) is 10. The molecule has 3 aromatic rings. The molecular formula is C44H59N6O7+. The Morgan fingerprint density at radius 2 is 1.68 bits per heavy atom. The Hall–Kier alpha value is -4.53. The van der Waals surface area contributed by atoms with Crippen LogP contribution in [-0.2, 0) is 49.9 Å². The third kappa shape index (κ3) is 12.0. The monoisotopic (exact) mass is 783 g/mol. The lowest BCUT2D eigenvalue weighted by Gasteiger charge is -2.42. The number of benzene rings is 2. The lowest BCUT2D eigenvalue weighted by atomic mass is 9.92. The number of rotatable bonds is 17. The number of aliphatic hydroxyl groups is 2. The maximum absolute atomic E-state index is 13.8. The molecule has 0 bridgehead atoms. The summed E-state index contributed by atoms with van der Waals surface area (Å²) in [5.74, 6) is -1.57. The number of aliphatic hydroxyl groups excluding tert-OH is 2. The molecule has 3 amide bonds. The van der Waals surface area contributed by atoms with E-state index in [1.807, 2.05) is 80.2 Å². The van der Waals surface area contributed by atoms with Crippen LogP contribution in [0.15, 0.2) is 79.1 Å². The van der Waals surface area contributed by atoms with Gasteiger partial charge in [-0.05, 0) is 68.8 Å². The van der Waals surface area contributed by atoms with E-state index < -0.39 is 41.6 Å². The second-order valence-corrected chi connectivity index (χ2v) is 16.9. The molecule has 0 spiro atoms. The number of hydrogen-bond donors (Lipinski definition) is 4. The lowest BCUT2D eigenvalue weighted by molar-refractivity contribution is -0.697. The number of piperazine rings is 1. The van der Waals surface area contributed by atoms with Crippen LogP contribution in [-0.4, -0.2) is 105 Å². The van der Waals surface area contributed by atoms with Crippen LogP contribution in [0, 0.1) is 5.92 Å². The van der Waals surface area contributed by atoms with Crippen molar-refractivity contribution >= 4 is 23.7 Å². The minimum Gasteiger partial charge on any atom is -0.392 e. The minimum absolute atomic E-state index is 0.0606. The molecule has 1 aromatic heterocycles. The smallest absolute Gasteiger partial charge is 0.333 e. The van der Waals surface area contributed by atoms with Crippen LogP contribution in [0.25, 0.3) is 0 Å². The van der Waals surface area contributed by atoms with E-state index in [2.05, 4.69) is 44.7 Å². The van der Waals surface area contributed by atoms with Gasteiger partial charge in [0.1, 0.15) is 12.6 Å². The van der Waals surface area contributed by atoms with E-state index >= 15 is 0 Å². The van der Waals surface area contributed by atoms with Gasteiger partial charge in [-0.25, -0.2) is 9.36 Å². The number of imide groups is 1. The van der Waals surface area contributed by atoms with Crippen LogP contribution in [0.3, 0.4) is 0 Å². The Kier molecular flexibility index (Phi) is 14.2. The summed E-state index contributed by atoms with van der Waals surface area (Å²) in [5, 5.41) is 30.0. The highest BCUT2D eigenvalue weighted by Gasteiger charge is 2.36. The average molecular weight is 784 g/mol. The van der Waals surface area contributed by atoms with Gasteiger partial charge in [-0.15, -0.1) is 5.06 Å². The van der Waals surface area contributed by atoms with Crippen molar-refractivity contribution in [1.29, 1.82) is 0 Å². The zero-order valence-electron chi connectivity index (χ0n) is 33.5. The number of carbonyl (C=O) groups excluding carboxylic acids is 4. The van der Waals surface area contributed by atoms with Gasteiger partial charge in [0.2, 0.25) is 5.91 Å². The molecule has 57 heavy (non-hydrogen) atoms. The summed E-state index contributed by atoms with van der Waals surface area (Å²) in [6.45, 7) is 9.91. The number of fused-ring (bicyclic) bond motifs is 1. The van der Waals surface area contributed by atoms with Crippen LogP contribution < -0.4 is 15.2 Å². The fraction of sp³-hybridized carbons (Fsp3) is 0.523. The molecule has 3 aliphatic rings. The summed E-state index contributed by atoms with van der Waals surface area (Å²) in [7, 11) is 0. The van der Waals surface area contributed by atoms with Crippen molar-refractivity contribution in [2.45, 2.75) is 109 Å². The Bertz CT molecular complexity index is 1840. The fourth-order valence-corrected chi connectivity index (χ4v) is 8.25.